The highest BCUT2D eigenvalue weighted by atomic mass is 16.5. The Hall–Kier alpha value is -1.96. The van der Waals surface area contributed by atoms with E-state index in [-0.39, 0.29) is 6.10 Å². The summed E-state index contributed by atoms with van der Waals surface area (Å²) in [7, 11) is 0. The summed E-state index contributed by atoms with van der Waals surface area (Å²) in [6.45, 7) is 9.34. The van der Waals surface area contributed by atoms with Crippen LogP contribution in [0, 0.1) is 0 Å². The molecule has 2 heteroatoms. The molecule has 0 fully saturated rings. The molecule has 1 N–H and O–H groups in total. The first-order valence-electron chi connectivity index (χ1n) is 7.64. The number of para-hydroxylation sites is 1. The van der Waals surface area contributed by atoms with Crippen LogP contribution in [0.1, 0.15) is 44.7 Å². The van der Waals surface area contributed by atoms with Crippen LogP contribution in [0.2, 0.25) is 0 Å². The third-order valence-electron chi connectivity index (χ3n) is 3.34. The van der Waals surface area contributed by atoms with Gasteiger partial charge in [-0.3, -0.25) is 0 Å². The van der Waals surface area contributed by atoms with E-state index in [1.165, 1.54) is 16.8 Å². The lowest BCUT2D eigenvalue weighted by molar-refractivity contribution is 0.242. The molecule has 0 bridgehead atoms. The van der Waals surface area contributed by atoms with E-state index in [1.807, 2.05) is 26.0 Å². The summed E-state index contributed by atoms with van der Waals surface area (Å²) in [5.74, 6) is 1.45. The van der Waals surface area contributed by atoms with Gasteiger partial charge in [0, 0.05) is 12.2 Å². The van der Waals surface area contributed by atoms with Gasteiger partial charge >= 0.3 is 0 Å². The van der Waals surface area contributed by atoms with Gasteiger partial charge < -0.3 is 10.1 Å². The Labute approximate surface area is 128 Å². The molecule has 0 heterocycles. The van der Waals surface area contributed by atoms with Crippen molar-refractivity contribution in [2.45, 2.75) is 46.3 Å². The highest BCUT2D eigenvalue weighted by Crippen LogP contribution is 2.24. The second kappa shape index (κ2) is 7.16. The van der Waals surface area contributed by atoms with Gasteiger partial charge in [0.2, 0.25) is 0 Å². The van der Waals surface area contributed by atoms with Crippen LogP contribution in [0.25, 0.3) is 0 Å². The average molecular weight is 283 g/mol. The van der Waals surface area contributed by atoms with Crippen LogP contribution in [0.3, 0.4) is 0 Å². The number of benzene rings is 2. The highest BCUT2D eigenvalue weighted by molar-refractivity contribution is 5.53. The molecule has 0 saturated carbocycles. The van der Waals surface area contributed by atoms with E-state index in [0.29, 0.717) is 5.92 Å². The molecule has 0 aliphatic rings. The molecule has 0 aromatic heterocycles. The van der Waals surface area contributed by atoms with Gasteiger partial charge in [-0.15, -0.1) is 0 Å². The smallest absolute Gasteiger partial charge is 0.120 e. The van der Waals surface area contributed by atoms with Crippen molar-refractivity contribution in [2.24, 2.45) is 0 Å². The monoisotopic (exact) mass is 283 g/mol. The molecule has 112 valence electrons. The van der Waals surface area contributed by atoms with Gasteiger partial charge in [0.05, 0.1) is 6.10 Å². The predicted octanol–water partition coefficient (Wildman–Crippen LogP) is 5.21. The minimum absolute atomic E-state index is 0.204. The number of hydrogen-bond donors (Lipinski definition) is 1. The van der Waals surface area contributed by atoms with Crippen LogP contribution in [0.15, 0.2) is 48.5 Å². The predicted molar refractivity (Wildman–Crippen MR) is 90.1 cm³/mol. The third-order valence-corrected chi connectivity index (χ3v) is 3.34. The first-order chi connectivity index (χ1) is 10.1. The van der Waals surface area contributed by atoms with E-state index >= 15 is 0 Å². The van der Waals surface area contributed by atoms with E-state index in [0.717, 1.165) is 12.3 Å². The average Bonchev–Trinajstić information content (AvgIpc) is 2.45. The molecule has 2 aromatic rings. The molecule has 2 aromatic carbocycles. The van der Waals surface area contributed by atoms with Gasteiger partial charge in [0.15, 0.2) is 0 Å². The van der Waals surface area contributed by atoms with Crippen molar-refractivity contribution in [1.29, 1.82) is 0 Å². The van der Waals surface area contributed by atoms with Crippen molar-refractivity contribution in [3.8, 4) is 5.75 Å². The lowest BCUT2D eigenvalue weighted by Gasteiger charge is -2.15. The van der Waals surface area contributed by atoms with Crippen LogP contribution >= 0.6 is 0 Å². The molecule has 0 saturated heterocycles. The molecule has 2 nitrogen and oxygen atoms in total. The Bertz CT molecular complexity index is 575. The molecular weight excluding hydrogens is 258 g/mol. The summed E-state index contributed by atoms with van der Waals surface area (Å²) in [4.78, 5) is 0. The van der Waals surface area contributed by atoms with E-state index in [2.05, 4.69) is 55.6 Å². The summed E-state index contributed by atoms with van der Waals surface area (Å²) < 4.78 is 5.74. The van der Waals surface area contributed by atoms with Crippen LogP contribution in [0.4, 0.5) is 5.69 Å². The van der Waals surface area contributed by atoms with E-state index in [9.17, 15) is 0 Å². The number of hydrogen-bond acceptors (Lipinski definition) is 2. The fourth-order valence-electron chi connectivity index (χ4n) is 2.36. The van der Waals surface area contributed by atoms with Crippen LogP contribution in [0.5, 0.6) is 5.75 Å². The molecule has 0 amide bonds. The van der Waals surface area contributed by atoms with Crippen molar-refractivity contribution in [1.82, 2.24) is 0 Å². The Morgan fingerprint density at radius 3 is 2.43 bits per heavy atom. The Balaban J connectivity index is 2.06. The second-order valence-electron chi connectivity index (χ2n) is 5.91. The summed E-state index contributed by atoms with van der Waals surface area (Å²) in [5.41, 5.74) is 3.79. The lowest BCUT2D eigenvalue weighted by Crippen LogP contribution is -2.07. The quantitative estimate of drug-likeness (QED) is 0.785. The van der Waals surface area contributed by atoms with Crippen molar-refractivity contribution in [3.63, 3.8) is 0 Å². The highest BCUT2D eigenvalue weighted by Gasteiger charge is 2.05. The normalized spacial score (nSPS) is 11.0. The maximum Gasteiger partial charge on any atom is 0.120 e. The topological polar surface area (TPSA) is 21.3 Å². The van der Waals surface area contributed by atoms with E-state index in [4.69, 9.17) is 4.74 Å². The minimum atomic E-state index is 0.204. The lowest BCUT2D eigenvalue weighted by atomic mass is 10.0. The molecule has 0 atom stereocenters. The van der Waals surface area contributed by atoms with Crippen LogP contribution in [-0.2, 0) is 6.54 Å². The number of rotatable bonds is 6. The van der Waals surface area contributed by atoms with Gasteiger partial charge in [-0.05, 0) is 49.1 Å². The maximum atomic E-state index is 5.74. The van der Waals surface area contributed by atoms with Crippen LogP contribution in [-0.4, -0.2) is 6.10 Å². The van der Waals surface area contributed by atoms with Gasteiger partial charge in [0.1, 0.15) is 5.75 Å². The van der Waals surface area contributed by atoms with Gasteiger partial charge in [-0.2, -0.15) is 0 Å². The molecule has 0 spiro atoms. The zero-order valence-corrected chi connectivity index (χ0v) is 13.4. The fourth-order valence-corrected chi connectivity index (χ4v) is 2.36. The minimum Gasteiger partial charge on any atom is -0.491 e. The standard InChI is InChI=1S/C19H25NO/c1-14(2)18-10-5-6-11-19(18)20-13-16-8-7-9-17(12-16)21-15(3)4/h5-12,14-15,20H,13H2,1-4H3. The Morgan fingerprint density at radius 2 is 1.71 bits per heavy atom. The third kappa shape index (κ3) is 4.52. The van der Waals surface area contributed by atoms with Crippen LogP contribution < -0.4 is 10.1 Å². The zero-order valence-electron chi connectivity index (χ0n) is 13.4. The van der Waals surface area contributed by atoms with Crippen molar-refractivity contribution >= 4 is 5.69 Å². The number of ether oxygens (including phenoxy) is 1. The molecular formula is C19H25NO. The van der Waals surface area contributed by atoms with E-state index < -0.39 is 0 Å². The van der Waals surface area contributed by atoms with Crippen molar-refractivity contribution in [2.75, 3.05) is 5.32 Å². The van der Waals surface area contributed by atoms with Gasteiger partial charge in [0.25, 0.3) is 0 Å². The fraction of sp³-hybridized carbons (Fsp3) is 0.368. The number of anilines is 1. The van der Waals surface area contributed by atoms with Crippen molar-refractivity contribution < 1.29 is 4.74 Å². The molecule has 0 aliphatic heterocycles. The molecule has 0 unspecified atom stereocenters. The molecule has 0 radical (unpaired) electrons. The summed E-state index contributed by atoms with van der Waals surface area (Å²) in [6, 6.07) is 16.8. The molecule has 21 heavy (non-hydrogen) atoms. The Morgan fingerprint density at radius 1 is 0.952 bits per heavy atom. The van der Waals surface area contributed by atoms with Gasteiger partial charge in [-0.1, -0.05) is 44.2 Å². The first-order valence-corrected chi connectivity index (χ1v) is 7.64. The second-order valence-corrected chi connectivity index (χ2v) is 5.91. The summed E-state index contributed by atoms with van der Waals surface area (Å²) in [5, 5.41) is 3.54. The molecule has 0 aliphatic carbocycles. The summed E-state index contributed by atoms with van der Waals surface area (Å²) in [6.07, 6.45) is 0.204. The van der Waals surface area contributed by atoms with E-state index in [1.54, 1.807) is 0 Å². The Kier molecular flexibility index (Phi) is 5.26. The first kappa shape index (κ1) is 15.4. The largest absolute Gasteiger partial charge is 0.491 e. The zero-order chi connectivity index (χ0) is 15.2. The summed E-state index contributed by atoms with van der Waals surface area (Å²) >= 11 is 0. The maximum absolute atomic E-state index is 5.74. The van der Waals surface area contributed by atoms with Gasteiger partial charge in [-0.25, -0.2) is 0 Å². The number of nitrogens with one attached hydrogen (secondary N) is 1. The SMILES string of the molecule is CC(C)Oc1cccc(CNc2ccccc2C(C)C)c1. The molecule has 2 rings (SSSR count). The van der Waals surface area contributed by atoms with Crippen molar-refractivity contribution in [3.05, 3.63) is 59.7 Å².